The van der Waals surface area contributed by atoms with E-state index in [0.717, 1.165) is 30.2 Å². The summed E-state index contributed by atoms with van der Waals surface area (Å²) in [7, 11) is 0. The Morgan fingerprint density at radius 3 is 2.00 bits per heavy atom. The van der Waals surface area contributed by atoms with E-state index < -0.39 is 11.6 Å². The lowest BCUT2D eigenvalue weighted by Gasteiger charge is -2.29. The Morgan fingerprint density at radius 1 is 0.840 bits per heavy atom. The van der Waals surface area contributed by atoms with Gasteiger partial charge in [0.25, 0.3) is 0 Å². The van der Waals surface area contributed by atoms with Gasteiger partial charge in [-0.1, -0.05) is 38.0 Å². The highest BCUT2D eigenvalue weighted by Crippen LogP contribution is 2.38. The highest BCUT2D eigenvalue weighted by Gasteiger charge is 2.23. The topological polar surface area (TPSA) is 0 Å². The van der Waals surface area contributed by atoms with E-state index in [0.29, 0.717) is 11.8 Å². The summed E-state index contributed by atoms with van der Waals surface area (Å²) in [5.41, 5.74) is 0.968. The van der Waals surface area contributed by atoms with Crippen molar-refractivity contribution in [2.75, 3.05) is 0 Å². The molecule has 0 aliphatic heterocycles. The molecule has 0 amide bonds. The third-order valence-electron chi connectivity index (χ3n) is 6.43. The number of benzene rings is 1. The van der Waals surface area contributed by atoms with E-state index in [1.54, 1.807) is 6.07 Å². The highest BCUT2D eigenvalue weighted by atomic mass is 19.2. The van der Waals surface area contributed by atoms with Crippen molar-refractivity contribution in [3.8, 4) is 0 Å². The molecule has 0 unspecified atom stereocenters. The molecule has 0 bridgehead atoms. The molecule has 2 saturated carbocycles. The molecule has 2 aliphatic rings. The summed E-state index contributed by atoms with van der Waals surface area (Å²) >= 11 is 0. The molecule has 0 heterocycles. The van der Waals surface area contributed by atoms with E-state index in [1.165, 1.54) is 63.5 Å². The van der Waals surface area contributed by atoms with Crippen LogP contribution in [0, 0.1) is 29.4 Å². The van der Waals surface area contributed by atoms with Gasteiger partial charge >= 0.3 is 0 Å². The van der Waals surface area contributed by atoms with Crippen molar-refractivity contribution in [3.05, 3.63) is 47.5 Å². The molecule has 2 heteroatoms. The van der Waals surface area contributed by atoms with Gasteiger partial charge < -0.3 is 0 Å². The van der Waals surface area contributed by atoms with Gasteiger partial charge in [0.2, 0.25) is 0 Å². The number of hydrogen-bond donors (Lipinski definition) is 0. The molecule has 1 aromatic rings. The average molecular weight is 347 g/mol. The lowest BCUT2D eigenvalue weighted by atomic mass is 9.77. The first-order chi connectivity index (χ1) is 12.2. The summed E-state index contributed by atoms with van der Waals surface area (Å²) in [4.78, 5) is 0. The summed E-state index contributed by atoms with van der Waals surface area (Å²) in [6, 6.07) is 4.42. The number of rotatable bonds is 5. The van der Waals surface area contributed by atoms with Crippen LogP contribution in [0.25, 0.3) is 0 Å². The van der Waals surface area contributed by atoms with E-state index in [-0.39, 0.29) is 0 Å². The molecular formula is C23H32F2. The molecule has 2 fully saturated rings. The van der Waals surface area contributed by atoms with Gasteiger partial charge in [-0.3, -0.25) is 0 Å². The van der Waals surface area contributed by atoms with Crippen molar-refractivity contribution in [2.45, 2.75) is 77.0 Å². The molecule has 0 atom stereocenters. The Hall–Kier alpha value is -1.18. The summed E-state index contributed by atoms with van der Waals surface area (Å²) in [6.45, 7) is 2.29. The lowest BCUT2D eigenvalue weighted by Crippen LogP contribution is -2.14. The Bertz CT molecular complexity index is 561. The third kappa shape index (κ3) is 5.15. The van der Waals surface area contributed by atoms with E-state index in [4.69, 9.17) is 0 Å². The molecule has 1 aromatic carbocycles. The lowest BCUT2D eigenvalue weighted by molar-refractivity contribution is 0.292. The van der Waals surface area contributed by atoms with Gasteiger partial charge in [0.1, 0.15) is 0 Å². The van der Waals surface area contributed by atoms with E-state index >= 15 is 0 Å². The zero-order valence-corrected chi connectivity index (χ0v) is 15.5. The van der Waals surface area contributed by atoms with E-state index in [1.807, 2.05) is 0 Å². The Morgan fingerprint density at radius 2 is 1.44 bits per heavy atom. The quantitative estimate of drug-likeness (QED) is 0.487. The fourth-order valence-electron chi connectivity index (χ4n) is 4.80. The van der Waals surface area contributed by atoms with E-state index in [2.05, 4.69) is 19.1 Å². The predicted octanol–water partition coefficient (Wildman–Crippen LogP) is 7.40. The molecule has 0 aromatic heterocycles. The van der Waals surface area contributed by atoms with Gasteiger partial charge in [0.05, 0.1) is 0 Å². The maximum absolute atomic E-state index is 13.4. The standard InChI is InChI=1S/C23H32F2/c1-2-3-17-4-6-18(7-5-17)8-9-19-10-12-20(13-11-19)21-14-15-22(24)23(25)16-21/h8-9,14-20H,2-7,10-13H2,1H3. The first kappa shape index (κ1) is 18.6. The summed E-state index contributed by atoms with van der Waals surface area (Å²) < 4.78 is 26.5. The fraction of sp³-hybridized carbons (Fsp3) is 0.652. The van der Waals surface area contributed by atoms with Gasteiger partial charge in [0, 0.05) is 0 Å². The highest BCUT2D eigenvalue weighted by molar-refractivity contribution is 5.22. The van der Waals surface area contributed by atoms with Crippen LogP contribution in [0.3, 0.4) is 0 Å². The van der Waals surface area contributed by atoms with Crippen LogP contribution in [0.5, 0.6) is 0 Å². The largest absolute Gasteiger partial charge is 0.204 e. The summed E-state index contributed by atoms with van der Waals surface area (Å²) in [5, 5.41) is 0. The molecule has 2 aliphatic carbocycles. The monoisotopic (exact) mass is 346 g/mol. The SMILES string of the molecule is CCCC1CCC(C=CC2CCC(c3ccc(F)c(F)c3)CC2)CC1. The van der Waals surface area contributed by atoms with Crippen molar-refractivity contribution in [2.24, 2.45) is 17.8 Å². The zero-order chi connectivity index (χ0) is 17.6. The number of hydrogen-bond acceptors (Lipinski definition) is 0. The Kier molecular flexibility index (Phi) is 6.67. The second-order valence-electron chi connectivity index (χ2n) is 8.24. The van der Waals surface area contributed by atoms with Crippen LogP contribution in [0.2, 0.25) is 0 Å². The fourth-order valence-corrected chi connectivity index (χ4v) is 4.80. The minimum absolute atomic E-state index is 0.393. The molecule has 25 heavy (non-hydrogen) atoms. The summed E-state index contributed by atoms with van der Waals surface area (Å²) in [5.74, 6) is 1.38. The van der Waals surface area contributed by atoms with Crippen molar-refractivity contribution in [1.29, 1.82) is 0 Å². The molecule has 0 radical (unpaired) electrons. The second kappa shape index (κ2) is 8.96. The van der Waals surface area contributed by atoms with Gasteiger partial charge in [-0.25, -0.2) is 8.78 Å². The third-order valence-corrected chi connectivity index (χ3v) is 6.43. The normalized spacial score (nSPS) is 30.7. The predicted molar refractivity (Wildman–Crippen MR) is 101 cm³/mol. The van der Waals surface area contributed by atoms with E-state index in [9.17, 15) is 8.78 Å². The minimum atomic E-state index is -0.742. The Balaban J connectivity index is 1.44. The molecule has 138 valence electrons. The van der Waals surface area contributed by atoms with Crippen molar-refractivity contribution in [1.82, 2.24) is 0 Å². The first-order valence-corrected chi connectivity index (χ1v) is 10.3. The maximum atomic E-state index is 13.4. The molecule has 3 rings (SSSR count). The molecule has 0 nitrogen and oxygen atoms in total. The van der Waals surface area contributed by atoms with Crippen LogP contribution in [0.15, 0.2) is 30.4 Å². The molecule has 0 spiro atoms. The smallest absolute Gasteiger partial charge is 0.159 e. The van der Waals surface area contributed by atoms with Crippen LogP contribution in [0.4, 0.5) is 8.78 Å². The molecule has 0 saturated heterocycles. The summed E-state index contributed by atoms with van der Waals surface area (Å²) in [6.07, 6.45) is 17.8. The van der Waals surface area contributed by atoms with Gasteiger partial charge in [-0.2, -0.15) is 0 Å². The van der Waals surface area contributed by atoms with Crippen molar-refractivity contribution < 1.29 is 8.78 Å². The molecular weight excluding hydrogens is 314 g/mol. The van der Waals surface area contributed by atoms with Crippen LogP contribution in [0.1, 0.15) is 82.6 Å². The number of allylic oxidation sites excluding steroid dienone is 2. The minimum Gasteiger partial charge on any atom is -0.204 e. The zero-order valence-electron chi connectivity index (χ0n) is 15.5. The first-order valence-electron chi connectivity index (χ1n) is 10.3. The van der Waals surface area contributed by atoms with Crippen LogP contribution in [-0.4, -0.2) is 0 Å². The molecule has 0 N–H and O–H groups in total. The van der Waals surface area contributed by atoms with Crippen LogP contribution < -0.4 is 0 Å². The van der Waals surface area contributed by atoms with Gasteiger partial charge in [-0.05, 0) is 92.7 Å². The van der Waals surface area contributed by atoms with Crippen molar-refractivity contribution in [3.63, 3.8) is 0 Å². The van der Waals surface area contributed by atoms with Gasteiger partial charge in [0.15, 0.2) is 11.6 Å². The van der Waals surface area contributed by atoms with Gasteiger partial charge in [-0.15, -0.1) is 0 Å². The van der Waals surface area contributed by atoms with Crippen LogP contribution >= 0.6 is 0 Å². The average Bonchev–Trinajstić information content (AvgIpc) is 2.64. The number of halogens is 2. The Labute approximate surface area is 151 Å². The van der Waals surface area contributed by atoms with Crippen LogP contribution in [-0.2, 0) is 0 Å². The second-order valence-corrected chi connectivity index (χ2v) is 8.24. The van der Waals surface area contributed by atoms with Crippen molar-refractivity contribution >= 4 is 0 Å². The maximum Gasteiger partial charge on any atom is 0.159 e.